The Labute approximate surface area is 164 Å². The summed E-state index contributed by atoms with van der Waals surface area (Å²) in [5, 5.41) is 3.83. The topological polar surface area (TPSA) is 82.3 Å². The number of nitrogens with zero attached hydrogens (tertiary/aromatic N) is 1. The predicted octanol–water partition coefficient (Wildman–Crippen LogP) is 2.89. The molecule has 28 heavy (non-hydrogen) atoms. The van der Waals surface area contributed by atoms with Crippen LogP contribution in [0.25, 0.3) is 10.9 Å². The van der Waals surface area contributed by atoms with E-state index in [9.17, 15) is 13.2 Å². The first kappa shape index (κ1) is 18.7. The van der Waals surface area contributed by atoms with Gasteiger partial charge in [0.1, 0.15) is 0 Å². The molecule has 6 nitrogen and oxygen atoms in total. The molecule has 4 rings (SSSR count). The van der Waals surface area contributed by atoms with E-state index < -0.39 is 10.0 Å². The summed E-state index contributed by atoms with van der Waals surface area (Å²) < 4.78 is 27.4. The van der Waals surface area contributed by atoms with Gasteiger partial charge in [-0.1, -0.05) is 30.3 Å². The number of benzene rings is 2. The maximum Gasteiger partial charge on any atom is 0.243 e. The minimum atomic E-state index is -3.55. The number of amides is 1. The quantitative estimate of drug-likeness (QED) is 0.695. The second-order valence-electron chi connectivity index (χ2n) is 7.11. The number of rotatable bonds is 5. The molecule has 7 heteroatoms. The molecule has 1 aliphatic heterocycles. The highest BCUT2D eigenvalue weighted by Crippen LogP contribution is 2.26. The average Bonchev–Trinajstić information content (AvgIpc) is 3.21. The lowest BCUT2D eigenvalue weighted by atomic mass is 9.97. The monoisotopic (exact) mass is 397 g/mol. The lowest BCUT2D eigenvalue weighted by molar-refractivity contribution is -0.126. The van der Waals surface area contributed by atoms with Crippen LogP contribution in [-0.4, -0.2) is 36.7 Å². The Morgan fingerprint density at radius 1 is 1.07 bits per heavy atom. The van der Waals surface area contributed by atoms with Crippen molar-refractivity contribution in [2.24, 2.45) is 5.92 Å². The Hall–Kier alpha value is -2.64. The summed E-state index contributed by atoms with van der Waals surface area (Å²) in [7, 11) is -3.55. The molecule has 1 fully saturated rings. The fourth-order valence-corrected chi connectivity index (χ4v) is 5.13. The van der Waals surface area contributed by atoms with Gasteiger partial charge in [0.05, 0.1) is 4.90 Å². The Morgan fingerprint density at radius 2 is 1.82 bits per heavy atom. The molecule has 1 amide bonds. The summed E-state index contributed by atoms with van der Waals surface area (Å²) in [6.07, 6.45) is 2.86. The van der Waals surface area contributed by atoms with E-state index in [4.69, 9.17) is 0 Å². The van der Waals surface area contributed by atoms with Crippen molar-refractivity contribution in [3.63, 3.8) is 0 Å². The first-order valence-electron chi connectivity index (χ1n) is 9.43. The third-order valence-corrected chi connectivity index (χ3v) is 7.19. The van der Waals surface area contributed by atoms with Gasteiger partial charge in [0, 0.05) is 42.7 Å². The molecule has 1 saturated heterocycles. The first-order chi connectivity index (χ1) is 13.5. The van der Waals surface area contributed by atoms with Gasteiger partial charge in [-0.2, -0.15) is 4.31 Å². The lowest BCUT2D eigenvalue weighted by Gasteiger charge is -2.30. The van der Waals surface area contributed by atoms with E-state index in [2.05, 4.69) is 10.3 Å². The van der Waals surface area contributed by atoms with Crippen LogP contribution in [0.2, 0.25) is 0 Å². The van der Waals surface area contributed by atoms with E-state index in [1.807, 2.05) is 36.4 Å². The maximum atomic E-state index is 13.0. The van der Waals surface area contributed by atoms with Crippen LogP contribution in [0, 0.1) is 5.92 Å². The smallest absolute Gasteiger partial charge is 0.243 e. The van der Waals surface area contributed by atoms with Crippen molar-refractivity contribution in [1.82, 2.24) is 14.6 Å². The van der Waals surface area contributed by atoms with Gasteiger partial charge in [0.15, 0.2) is 0 Å². The number of aromatic nitrogens is 1. The van der Waals surface area contributed by atoms with Crippen LogP contribution in [0.5, 0.6) is 0 Å². The lowest BCUT2D eigenvalue weighted by Crippen LogP contribution is -2.42. The van der Waals surface area contributed by atoms with E-state index in [-0.39, 0.29) is 11.8 Å². The predicted molar refractivity (Wildman–Crippen MR) is 108 cm³/mol. The normalized spacial score (nSPS) is 16.3. The third-order valence-electron chi connectivity index (χ3n) is 5.30. The summed E-state index contributed by atoms with van der Waals surface area (Å²) in [4.78, 5) is 15.8. The summed E-state index contributed by atoms with van der Waals surface area (Å²) in [6.45, 7) is 1.21. The zero-order valence-electron chi connectivity index (χ0n) is 15.5. The van der Waals surface area contributed by atoms with Crippen molar-refractivity contribution in [1.29, 1.82) is 0 Å². The molecule has 1 aromatic heterocycles. The van der Waals surface area contributed by atoms with Crippen LogP contribution in [0.3, 0.4) is 0 Å². The van der Waals surface area contributed by atoms with Gasteiger partial charge in [-0.05, 0) is 42.7 Å². The molecule has 0 atom stereocenters. The van der Waals surface area contributed by atoms with Gasteiger partial charge >= 0.3 is 0 Å². The van der Waals surface area contributed by atoms with E-state index in [0.29, 0.717) is 37.4 Å². The van der Waals surface area contributed by atoms with Crippen LogP contribution in [0.15, 0.2) is 65.7 Å². The fourth-order valence-electron chi connectivity index (χ4n) is 3.63. The number of carbonyl (C=O) groups is 1. The molecule has 0 spiro atoms. The highest BCUT2D eigenvalue weighted by molar-refractivity contribution is 7.89. The van der Waals surface area contributed by atoms with Gasteiger partial charge in [-0.15, -0.1) is 0 Å². The number of hydrogen-bond donors (Lipinski definition) is 2. The molecule has 0 aliphatic carbocycles. The zero-order chi connectivity index (χ0) is 19.6. The highest BCUT2D eigenvalue weighted by atomic mass is 32.2. The van der Waals surface area contributed by atoms with Gasteiger partial charge in [-0.3, -0.25) is 4.79 Å². The van der Waals surface area contributed by atoms with Crippen molar-refractivity contribution in [2.75, 3.05) is 13.1 Å². The highest BCUT2D eigenvalue weighted by Gasteiger charge is 2.32. The summed E-state index contributed by atoms with van der Waals surface area (Å²) >= 11 is 0. The molecule has 2 N–H and O–H groups in total. The number of hydrogen-bond acceptors (Lipinski definition) is 3. The van der Waals surface area contributed by atoms with Crippen molar-refractivity contribution in [3.8, 4) is 0 Å². The molecule has 2 heterocycles. The van der Waals surface area contributed by atoms with Crippen LogP contribution >= 0.6 is 0 Å². The molecule has 146 valence electrons. The minimum Gasteiger partial charge on any atom is -0.361 e. The van der Waals surface area contributed by atoms with Crippen molar-refractivity contribution in [2.45, 2.75) is 24.3 Å². The Bertz CT molecular complexity index is 1070. The van der Waals surface area contributed by atoms with Crippen molar-refractivity contribution in [3.05, 3.63) is 66.4 Å². The van der Waals surface area contributed by atoms with Gasteiger partial charge in [-0.25, -0.2) is 8.42 Å². The second-order valence-corrected chi connectivity index (χ2v) is 9.05. The molecule has 3 aromatic rings. The molecular weight excluding hydrogens is 374 g/mol. The summed E-state index contributed by atoms with van der Waals surface area (Å²) in [5.41, 5.74) is 1.96. The number of aromatic amines is 1. The summed E-state index contributed by atoms with van der Waals surface area (Å²) in [6, 6.07) is 16.7. The Morgan fingerprint density at radius 3 is 2.57 bits per heavy atom. The Balaban J connectivity index is 1.37. The minimum absolute atomic E-state index is 0.00496. The SMILES string of the molecule is O=C(NCc1ccccc1)C1CCN(S(=O)(=O)c2ccc3[nH]ccc3c2)CC1. The van der Waals surface area contributed by atoms with Crippen molar-refractivity contribution < 1.29 is 13.2 Å². The van der Waals surface area contributed by atoms with E-state index in [1.54, 1.807) is 24.4 Å². The number of H-pyrrole nitrogens is 1. The largest absolute Gasteiger partial charge is 0.361 e. The summed E-state index contributed by atoms with van der Waals surface area (Å²) in [5.74, 6) is -0.156. The van der Waals surface area contributed by atoms with Crippen LogP contribution in [0.1, 0.15) is 18.4 Å². The maximum absolute atomic E-state index is 13.0. The standard InChI is InChI=1S/C21H23N3O3S/c25-21(23-15-16-4-2-1-3-5-16)17-9-12-24(13-10-17)28(26,27)19-6-7-20-18(14-19)8-11-22-20/h1-8,11,14,17,22H,9-10,12-13,15H2,(H,23,25). The zero-order valence-corrected chi connectivity index (χ0v) is 16.3. The van der Waals surface area contributed by atoms with Gasteiger partial charge in [0.2, 0.25) is 15.9 Å². The molecular formula is C21H23N3O3S. The van der Waals surface area contributed by atoms with E-state index in [1.165, 1.54) is 4.31 Å². The van der Waals surface area contributed by atoms with Crippen LogP contribution in [0.4, 0.5) is 0 Å². The van der Waals surface area contributed by atoms with Crippen molar-refractivity contribution >= 4 is 26.8 Å². The molecule has 2 aromatic carbocycles. The molecule has 1 aliphatic rings. The second kappa shape index (κ2) is 7.77. The number of nitrogens with one attached hydrogen (secondary N) is 2. The van der Waals surface area contributed by atoms with Gasteiger partial charge in [0.25, 0.3) is 0 Å². The number of sulfonamides is 1. The van der Waals surface area contributed by atoms with Crippen LogP contribution < -0.4 is 5.32 Å². The molecule has 0 radical (unpaired) electrons. The molecule has 0 unspecified atom stereocenters. The van der Waals surface area contributed by atoms with E-state index in [0.717, 1.165) is 16.5 Å². The Kier molecular flexibility index (Phi) is 5.19. The molecule has 0 saturated carbocycles. The van der Waals surface area contributed by atoms with Gasteiger partial charge < -0.3 is 10.3 Å². The number of fused-ring (bicyclic) bond motifs is 1. The number of carbonyl (C=O) groups excluding carboxylic acids is 1. The van der Waals surface area contributed by atoms with E-state index >= 15 is 0 Å². The first-order valence-corrected chi connectivity index (χ1v) is 10.9. The van der Waals surface area contributed by atoms with Crippen LogP contribution in [-0.2, 0) is 21.4 Å². The number of piperidine rings is 1. The molecule has 0 bridgehead atoms. The average molecular weight is 398 g/mol. The third kappa shape index (κ3) is 3.81. The fraction of sp³-hybridized carbons (Fsp3) is 0.286.